The van der Waals surface area contributed by atoms with Gasteiger partial charge in [-0.1, -0.05) is 12.1 Å². The molecule has 1 fully saturated rings. The molecule has 0 saturated carbocycles. The smallest absolute Gasteiger partial charge is 0.231 e. The average molecular weight is 373 g/mol. The standard InChI is InChI=1S/C19H24FN5O2/c1-24(2)11-14-10-16(23-22-14)21-19(27)15-8-9-17(26)25(3)18(15)12-4-6-13(20)7-5-12/h4-7,10,15,18H,8-9,11H2,1-3H3,(H2,21,22,23,27). The van der Waals surface area contributed by atoms with Crippen LogP contribution in [-0.4, -0.2) is 53.0 Å². The van der Waals surface area contributed by atoms with Crippen molar-refractivity contribution in [2.24, 2.45) is 5.92 Å². The van der Waals surface area contributed by atoms with E-state index in [1.165, 1.54) is 12.1 Å². The number of nitrogens with zero attached hydrogens (tertiary/aromatic N) is 3. The summed E-state index contributed by atoms with van der Waals surface area (Å²) in [5.41, 5.74) is 1.63. The second kappa shape index (κ2) is 7.87. The summed E-state index contributed by atoms with van der Waals surface area (Å²) < 4.78 is 13.3. The SMILES string of the molecule is CN(C)Cc1cc(NC(=O)C2CCC(=O)N(C)C2c2ccc(F)cc2)n[nH]1. The predicted molar refractivity (Wildman–Crippen MR) is 99.2 cm³/mol. The van der Waals surface area contributed by atoms with E-state index in [0.29, 0.717) is 25.2 Å². The van der Waals surface area contributed by atoms with Gasteiger partial charge in [-0.25, -0.2) is 4.39 Å². The third-order valence-corrected chi connectivity index (χ3v) is 4.78. The molecule has 1 aliphatic rings. The molecule has 1 aromatic heterocycles. The second-order valence-electron chi connectivity index (χ2n) is 7.15. The molecule has 2 N–H and O–H groups in total. The zero-order valence-electron chi connectivity index (χ0n) is 15.7. The lowest BCUT2D eigenvalue weighted by Gasteiger charge is -2.38. The Labute approximate surface area is 157 Å². The van der Waals surface area contributed by atoms with Crippen LogP contribution in [0.1, 0.15) is 30.1 Å². The van der Waals surface area contributed by atoms with Gasteiger partial charge < -0.3 is 15.1 Å². The largest absolute Gasteiger partial charge is 0.338 e. The normalized spacial score (nSPS) is 20.2. The molecule has 0 radical (unpaired) electrons. The maximum atomic E-state index is 13.3. The first kappa shape index (κ1) is 19.0. The zero-order chi connectivity index (χ0) is 19.6. The molecular formula is C19H24FN5O2. The third kappa shape index (κ3) is 4.33. The van der Waals surface area contributed by atoms with Gasteiger partial charge in [-0.3, -0.25) is 14.7 Å². The third-order valence-electron chi connectivity index (χ3n) is 4.78. The molecule has 0 spiro atoms. The summed E-state index contributed by atoms with van der Waals surface area (Å²) >= 11 is 0. The van der Waals surface area contributed by atoms with Crippen LogP contribution in [0.15, 0.2) is 30.3 Å². The topological polar surface area (TPSA) is 81.3 Å². The number of amides is 2. The molecule has 2 aromatic rings. The van der Waals surface area contributed by atoms with Gasteiger partial charge in [0.05, 0.1) is 17.7 Å². The number of hydrogen-bond donors (Lipinski definition) is 2. The van der Waals surface area contributed by atoms with Crippen LogP contribution in [0.25, 0.3) is 0 Å². The van der Waals surface area contributed by atoms with Gasteiger partial charge >= 0.3 is 0 Å². The molecule has 1 aromatic carbocycles. The Bertz CT molecular complexity index is 818. The minimum atomic E-state index is -0.438. The fourth-order valence-electron chi connectivity index (χ4n) is 3.49. The summed E-state index contributed by atoms with van der Waals surface area (Å²) in [6.07, 6.45) is 0.741. The molecule has 0 bridgehead atoms. The molecule has 7 nitrogen and oxygen atoms in total. The molecule has 27 heavy (non-hydrogen) atoms. The van der Waals surface area contributed by atoms with Crippen molar-refractivity contribution in [2.75, 3.05) is 26.5 Å². The van der Waals surface area contributed by atoms with Gasteiger partial charge in [-0.05, 0) is 38.2 Å². The van der Waals surface area contributed by atoms with Crippen molar-refractivity contribution < 1.29 is 14.0 Å². The van der Waals surface area contributed by atoms with Crippen molar-refractivity contribution in [2.45, 2.75) is 25.4 Å². The van der Waals surface area contributed by atoms with Gasteiger partial charge in [0.25, 0.3) is 0 Å². The van der Waals surface area contributed by atoms with E-state index in [1.54, 1.807) is 30.1 Å². The van der Waals surface area contributed by atoms with Gasteiger partial charge in [-0.2, -0.15) is 5.10 Å². The predicted octanol–water partition coefficient (Wildman–Crippen LogP) is 2.16. The number of hydrogen-bond acceptors (Lipinski definition) is 4. The lowest BCUT2D eigenvalue weighted by Crippen LogP contribution is -2.44. The number of rotatable bonds is 5. The summed E-state index contributed by atoms with van der Waals surface area (Å²) in [4.78, 5) is 28.7. The number of H-pyrrole nitrogens is 1. The van der Waals surface area contributed by atoms with E-state index in [-0.39, 0.29) is 17.6 Å². The summed E-state index contributed by atoms with van der Waals surface area (Å²) in [5, 5.41) is 9.87. The maximum Gasteiger partial charge on any atom is 0.231 e. The number of benzene rings is 1. The van der Waals surface area contributed by atoms with Crippen molar-refractivity contribution in [1.29, 1.82) is 0 Å². The Morgan fingerprint density at radius 3 is 2.74 bits per heavy atom. The van der Waals surface area contributed by atoms with E-state index in [2.05, 4.69) is 15.5 Å². The summed E-state index contributed by atoms with van der Waals surface area (Å²) in [6.45, 7) is 0.682. The number of likely N-dealkylation sites (tertiary alicyclic amines) is 1. The lowest BCUT2D eigenvalue weighted by molar-refractivity contribution is -0.140. The summed E-state index contributed by atoms with van der Waals surface area (Å²) in [6, 6.07) is 7.30. The van der Waals surface area contributed by atoms with Crippen LogP contribution >= 0.6 is 0 Å². The molecule has 0 aliphatic carbocycles. The van der Waals surface area contributed by atoms with Crippen LogP contribution in [0.5, 0.6) is 0 Å². The highest BCUT2D eigenvalue weighted by Crippen LogP contribution is 2.36. The Hall–Kier alpha value is -2.74. The first-order valence-electron chi connectivity index (χ1n) is 8.86. The van der Waals surface area contributed by atoms with E-state index in [1.807, 2.05) is 19.0 Å². The quantitative estimate of drug-likeness (QED) is 0.842. The fourth-order valence-corrected chi connectivity index (χ4v) is 3.49. The minimum Gasteiger partial charge on any atom is -0.338 e. The average Bonchev–Trinajstić information content (AvgIpc) is 3.04. The first-order chi connectivity index (χ1) is 12.8. The Balaban J connectivity index is 1.79. The monoisotopic (exact) mass is 373 g/mol. The molecule has 3 rings (SSSR count). The number of piperidine rings is 1. The van der Waals surface area contributed by atoms with Crippen LogP contribution < -0.4 is 5.32 Å². The second-order valence-corrected chi connectivity index (χ2v) is 7.15. The highest BCUT2D eigenvalue weighted by Gasteiger charge is 2.39. The van der Waals surface area contributed by atoms with Crippen LogP contribution in [-0.2, 0) is 16.1 Å². The first-order valence-corrected chi connectivity index (χ1v) is 8.86. The van der Waals surface area contributed by atoms with Crippen LogP contribution in [0, 0.1) is 11.7 Å². The maximum absolute atomic E-state index is 13.3. The van der Waals surface area contributed by atoms with Crippen molar-refractivity contribution in [3.8, 4) is 0 Å². The van der Waals surface area contributed by atoms with Gasteiger partial charge in [0, 0.05) is 26.1 Å². The van der Waals surface area contributed by atoms with Crippen LogP contribution in [0.2, 0.25) is 0 Å². The molecule has 1 aliphatic heterocycles. The number of anilines is 1. The molecule has 2 unspecified atom stereocenters. The van der Waals surface area contributed by atoms with Gasteiger partial charge in [0.15, 0.2) is 5.82 Å². The summed E-state index contributed by atoms with van der Waals surface area (Å²) in [7, 11) is 5.57. The van der Waals surface area contributed by atoms with Crippen molar-refractivity contribution in [3.63, 3.8) is 0 Å². The van der Waals surface area contributed by atoms with Crippen LogP contribution in [0.3, 0.4) is 0 Å². The number of halogens is 1. The molecule has 2 atom stereocenters. The number of carbonyl (C=O) groups is 2. The zero-order valence-corrected chi connectivity index (χ0v) is 15.7. The number of nitrogens with one attached hydrogen (secondary N) is 2. The van der Waals surface area contributed by atoms with Gasteiger partial charge in [-0.15, -0.1) is 0 Å². The van der Waals surface area contributed by atoms with E-state index >= 15 is 0 Å². The number of carbonyl (C=O) groups excluding carboxylic acids is 2. The fraction of sp³-hybridized carbons (Fsp3) is 0.421. The van der Waals surface area contributed by atoms with Crippen molar-refractivity contribution >= 4 is 17.6 Å². The molecule has 144 valence electrons. The lowest BCUT2D eigenvalue weighted by atomic mass is 9.84. The molecule has 8 heteroatoms. The van der Waals surface area contributed by atoms with Crippen molar-refractivity contribution in [3.05, 3.63) is 47.4 Å². The van der Waals surface area contributed by atoms with Gasteiger partial charge in [0.1, 0.15) is 5.82 Å². The van der Waals surface area contributed by atoms with E-state index in [4.69, 9.17) is 0 Å². The van der Waals surface area contributed by atoms with Gasteiger partial charge in [0.2, 0.25) is 11.8 Å². The highest BCUT2D eigenvalue weighted by molar-refractivity contribution is 5.94. The van der Waals surface area contributed by atoms with Crippen LogP contribution in [0.4, 0.5) is 10.2 Å². The van der Waals surface area contributed by atoms with E-state index < -0.39 is 12.0 Å². The molecular weight excluding hydrogens is 349 g/mol. The molecule has 2 heterocycles. The number of aromatic amines is 1. The Kier molecular flexibility index (Phi) is 5.55. The van der Waals surface area contributed by atoms with Crippen molar-refractivity contribution in [1.82, 2.24) is 20.0 Å². The highest BCUT2D eigenvalue weighted by atomic mass is 19.1. The Morgan fingerprint density at radius 2 is 2.07 bits per heavy atom. The summed E-state index contributed by atoms with van der Waals surface area (Å²) in [5.74, 6) is -0.566. The number of aromatic nitrogens is 2. The Morgan fingerprint density at radius 1 is 1.37 bits per heavy atom. The molecule has 2 amide bonds. The van der Waals surface area contributed by atoms with E-state index in [0.717, 1.165) is 11.3 Å². The van der Waals surface area contributed by atoms with E-state index in [9.17, 15) is 14.0 Å². The minimum absolute atomic E-state index is 0.0265. The molecule has 1 saturated heterocycles.